The monoisotopic (exact) mass is 438 g/mol. The van der Waals surface area contributed by atoms with E-state index >= 15 is 0 Å². The number of hydrogen-bond acceptors (Lipinski definition) is 7. The fourth-order valence-electron chi connectivity index (χ4n) is 2.24. The predicted molar refractivity (Wildman–Crippen MR) is 108 cm³/mol. The van der Waals surface area contributed by atoms with Crippen LogP contribution in [-0.4, -0.2) is 43.4 Å². The molecular formula is C16H15ClN6O3S2. The van der Waals surface area contributed by atoms with Gasteiger partial charge in [0.05, 0.1) is 18.5 Å². The summed E-state index contributed by atoms with van der Waals surface area (Å²) in [7, 11) is 0. The number of carboxylic acid groups (broad SMARTS) is 1. The third-order valence-electron chi connectivity index (χ3n) is 3.57. The molecule has 9 nitrogen and oxygen atoms in total. The molecule has 0 atom stereocenters. The number of halogens is 1. The molecule has 2 aromatic heterocycles. The standard InChI is InChI=1S/C16H15ClN6O3S2/c17-10-3-1-9(2-4-10)14(26)22-23-12(20-21-16(23)27)7-11-8-28-15(19-11)18-6-5-13(24)25/h1-4,8H,5-7H2,(H,18,19)(H,21,27)(H,22,26)(H,24,25). The molecule has 3 rings (SSSR count). The van der Waals surface area contributed by atoms with Crippen molar-refractivity contribution in [3.63, 3.8) is 0 Å². The van der Waals surface area contributed by atoms with E-state index in [-0.39, 0.29) is 23.6 Å². The summed E-state index contributed by atoms with van der Waals surface area (Å²) in [4.78, 5) is 27.4. The number of carbonyl (C=O) groups is 2. The quantitative estimate of drug-likeness (QED) is 0.398. The average molecular weight is 439 g/mol. The topological polar surface area (TPSA) is 125 Å². The minimum Gasteiger partial charge on any atom is -0.481 e. The lowest BCUT2D eigenvalue weighted by atomic mass is 10.2. The Kier molecular flexibility index (Phi) is 6.39. The number of benzene rings is 1. The Morgan fingerprint density at radius 2 is 2.07 bits per heavy atom. The van der Waals surface area contributed by atoms with Crippen LogP contribution in [-0.2, 0) is 11.2 Å². The van der Waals surface area contributed by atoms with Crippen LogP contribution in [0, 0.1) is 4.77 Å². The Morgan fingerprint density at radius 3 is 2.79 bits per heavy atom. The summed E-state index contributed by atoms with van der Waals surface area (Å²) in [6.07, 6.45) is 0.329. The van der Waals surface area contributed by atoms with Gasteiger partial charge in [-0.1, -0.05) is 11.6 Å². The van der Waals surface area contributed by atoms with Crippen molar-refractivity contribution in [2.24, 2.45) is 0 Å². The second-order valence-corrected chi connectivity index (χ2v) is 7.30. The van der Waals surface area contributed by atoms with E-state index in [1.165, 1.54) is 16.0 Å². The number of amides is 1. The van der Waals surface area contributed by atoms with E-state index in [9.17, 15) is 9.59 Å². The Bertz CT molecular complexity index is 1040. The molecule has 12 heteroatoms. The minimum atomic E-state index is -0.878. The highest BCUT2D eigenvalue weighted by atomic mass is 35.5. The predicted octanol–water partition coefficient (Wildman–Crippen LogP) is 2.91. The highest BCUT2D eigenvalue weighted by Crippen LogP contribution is 2.17. The number of carboxylic acids is 1. The number of aromatic nitrogens is 4. The number of aromatic amines is 1. The smallest absolute Gasteiger partial charge is 0.305 e. The van der Waals surface area contributed by atoms with Crippen LogP contribution in [0.2, 0.25) is 5.02 Å². The summed E-state index contributed by atoms with van der Waals surface area (Å²) in [6.45, 7) is 0.290. The van der Waals surface area contributed by atoms with Crippen LogP contribution in [0.25, 0.3) is 0 Å². The van der Waals surface area contributed by atoms with E-state index in [4.69, 9.17) is 28.9 Å². The number of rotatable bonds is 8. The highest BCUT2D eigenvalue weighted by Gasteiger charge is 2.13. The molecule has 1 aromatic carbocycles. The molecule has 0 unspecified atom stereocenters. The zero-order valence-corrected chi connectivity index (χ0v) is 16.7. The summed E-state index contributed by atoms with van der Waals surface area (Å²) < 4.78 is 1.63. The molecule has 0 bridgehead atoms. The maximum absolute atomic E-state index is 12.4. The zero-order chi connectivity index (χ0) is 20.1. The van der Waals surface area contributed by atoms with Gasteiger partial charge in [-0.2, -0.15) is 5.10 Å². The van der Waals surface area contributed by atoms with Crippen LogP contribution in [0.5, 0.6) is 0 Å². The van der Waals surface area contributed by atoms with E-state index in [2.05, 4.69) is 25.9 Å². The maximum atomic E-state index is 12.4. The van der Waals surface area contributed by atoms with Crippen LogP contribution in [0.3, 0.4) is 0 Å². The lowest BCUT2D eigenvalue weighted by Gasteiger charge is -2.08. The van der Waals surface area contributed by atoms with Gasteiger partial charge in [0.25, 0.3) is 5.91 Å². The second kappa shape index (κ2) is 8.95. The number of nitrogens with one attached hydrogen (secondary N) is 3. The molecule has 0 radical (unpaired) electrons. The number of aliphatic carboxylic acids is 1. The van der Waals surface area contributed by atoms with Crippen molar-refractivity contribution in [3.05, 3.63) is 56.5 Å². The number of anilines is 1. The first-order valence-electron chi connectivity index (χ1n) is 8.05. The minimum absolute atomic E-state index is 0.00429. The van der Waals surface area contributed by atoms with Crippen molar-refractivity contribution in [2.75, 3.05) is 17.3 Å². The Labute approximate surface area is 173 Å². The van der Waals surface area contributed by atoms with Gasteiger partial charge in [0.15, 0.2) is 11.0 Å². The SMILES string of the molecule is O=C(O)CCNc1nc(Cc2n[nH]c(=S)n2NC(=O)c2ccc(Cl)cc2)cs1. The van der Waals surface area contributed by atoms with Crippen LogP contribution >= 0.6 is 35.2 Å². The van der Waals surface area contributed by atoms with E-state index in [0.717, 1.165) is 0 Å². The molecule has 0 aliphatic rings. The van der Waals surface area contributed by atoms with Crippen molar-refractivity contribution in [1.82, 2.24) is 19.9 Å². The first-order valence-corrected chi connectivity index (χ1v) is 9.72. The van der Waals surface area contributed by atoms with Crippen LogP contribution in [0.1, 0.15) is 28.3 Å². The van der Waals surface area contributed by atoms with Crippen molar-refractivity contribution in [3.8, 4) is 0 Å². The Balaban J connectivity index is 1.68. The van der Waals surface area contributed by atoms with Gasteiger partial charge in [0.1, 0.15) is 0 Å². The summed E-state index contributed by atoms with van der Waals surface area (Å²) in [5.41, 5.74) is 3.83. The van der Waals surface area contributed by atoms with Crippen LogP contribution < -0.4 is 10.7 Å². The van der Waals surface area contributed by atoms with E-state index < -0.39 is 5.97 Å². The molecule has 0 fully saturated rings. The molecule has 28 heavy (non-hydrogen) atoms. The molecule has 1 amide bonds. The zero-order valence-electron chi connectivity index (χ0n) is 14.3. The lowest BCUT2D eigenvalue weighted by Crippen LogP contribution is -2.25. The number of carbonyl (C=O) groups excluding carboxylic acids is 1. The van der Waals surface area contributed by atoms with Gasteiger partial charge in [-0.05, 0) is 36.5 Å². The van der Waals surface area contributed by atoms with Crippen LogP contribution in [0.4, 0.5) is 5.13 Å². The van der Waals surface area contributed by atoms with Crippen molar-refractivity contribution >= 4 is 52.2 Å². The molecule has 146 valence electrons. The number of thiazole rings is 1. The molecule has 4 N–H and O–H groups in total. The molecule has 0 spiro atoms. The fraction of sp³-hybridized carbons (Fsp3) is 0.188. The van der Waals surface area contributed by atoms with Crippen molar-refractivity contribution < 1.29 is 14.7 Å². The average Bonchev–Trinajstić information content (AvgIpc) is 3.23. The largest absolute Gasteiger partial charge is 0.481 e. The fourth-order valence-corrected chi connectivity index (χ4v) is 3.30. The van der Waals surface area contributed by atoms with Gasteiger partial charge in [-0.25, -0.2) is 9.66 Å². The molecule has 0 aliphatic carbocycles. The van der Waals surface area contributed by atoms with Gasteiger partial charge >= 0.3 is 5.97 Å². The molecule has 0 saturated carbocycles. The molecule has 0 saturated heterocycles. The molecule has 0 aliphatic heterocycles. The molecule has 2 heterocycles. The summed E-state index contributed by atoms with van der Waals surface area (Å²) in [5.74, 6) is -0.754. The first-order chi connectivity index (χ1) is 13.4. The Morgan fingerprint density at radius 1 is 1.32 bits per heavy atom. The molecule has 3 aromatic rings. The van der Waals surface area contributed by atoms with Crippen molar-refractivity contribution in [2.45, 2.75) is 12.8 Å². The van der Waals surface area contributed by atoms with Gasteiger partial charge < -0.3 is 10.4 Å². The third kappa shape index (κ3) is 5.15. The summed E-state index contributed by atoms with van der Waals surface area (Å²) >= 11 is 12.4. The van der Waals surface area contributed by atoms with E-state index in [0.29, 0.717) is 33.7 Å². The summed E-state index contributed by atoms with van der Waals surface area (Å²) in [6, 6.07) is 6.47. The first kappa shape index (κ1) is 20.0. The maximum Gasteiger partial charge on any atom is 0.305 e. The van der Waals surface area contributed by atoms with Gasteiger partial charge in [-0.3, -0.25) is 20.1 Å². The second-order valence-electron chi connectivity index (χ2n) is 5.62. The van der Waals surface area contributed by atoms with Gasteiger partial charge in [-0.15, -0.1) is 11.3 Å². The molecular weight excluding hydrogens is 424 g/mol. The number of hydrogen-bond donors (Lipinski definition) is 4. The Hall–Kier alpha value is -2.76. The lowest BCUT2D eigenvalue weighted by molar-refractivity contribution is -0.136. The summed E-state index contributed by atoms with van der Waals surface area (Å²) in [5, 5.41) is 21.4. The number of nitrogens with zero attached hydrogens (tertiary/aromatic N) is 3. The van der Waals surface area contributed by atoms with Crippen molar-refractivity contribution in [1.29, 1.82) is 0 Å². The third-order valence-corrected chi connectivity index (χ3v) is 4.94. The van der Waals surface area contributed by atoms with E-state index in [1.54, 1.807) is 24.3 Å². The normalized spacial score (nSPS) is 10.6. The van der Waals surface area contributed by atoms with E-state index in [1.807, 2.05) is 5.38 Å². The van der Waals surface area contributed by atoms with Gasteiger partial charge in [0.2, 0.25) is 4.77 Å². The van der Waals surface area contributed by atoms with Crippen LogP contribution in [0.15, 0.2) is 29.6 Å². The van der Waals surface area contributed by atoms with Gasteiger partial charge in [0, 0.05) is 22.5 Å². The highest BCUT2D eigenvalue weighted by molar-refractivity contribution is 7.71. The number of H-pyrrole nitrogens is 1.